The van der Waals surface area contributed by atoms with E-state index < -0.39 is 5.91 Å². The summed E-state index contributed by atoms with van der Waals surface area (Å²) in [4.78, 5) is 39.4. The lowest BCUT2D eigenvalue weighted by molar-refractivity contribution is 0.0944. The Hall–Kier alpha value is -3.29. The highest BCUT2D eigenvalue weighted by Crippen LogP contribution is 2.13. The van der Waals surface area contributed by atoms with Crippen molar-refractivity contribution in [2.45, 2.75) is 26.3 Å². The number of nitrogens with two attached hydrogens (primary N) is 1. The number of nitrogen functional groups attached to an aromatic ring is 1. The molecule has 0 saturated heterocycles. The number of hydrogen-bond donors (Lipinski definition) is 3. The summed E-state index contributed by atoms with van der Waals surface area (Å²) in [6, 6.07) is 8.62. The Morgan fingerprint density at radius 3 is 2.76 bits per heavy atom. The molecule has 0 radical (unpaired) electrons. The maximum Gasteiger partial charge on any atom is 0.270 e. The number of nitrogens with one attached hydrogen (secondary N) is 2. The largest absolute Gasteiger partial charge is 0.368 e. The Bertz CT molecular complexity index is 996. The molecule has 0 fully saturated rings. The molecule has 8 nitrogen and oxygen atoms in total. The van der Waals surface area contributed by atoms with Gasteiger partial charge in [-0.05, 0) is 24.1 Å². The summed E-state index contributed by atoms with van der Waals surface area (Å²) in [5.74, 6) is 0.124. The molecule has 128 valence electrons. The molecule has 25 heavy (non-hydrogen) atoms. The van der Waals surface area contributed by atoms with Gasteiger partial charge < -0.3 is 16.0 Å². The van der Waals surface area contributed by atoms with Gasteiger partial charge in [0.1, 0.15) is 11.5 Å². The van der Waals surface area contributed by atoms with Gasteiger partial charge in [0.25, 0.3) is 11.5 Å². The van der Waals surface area contributed by atoms with E-state index in [-0.39, 0.29) is 29.7 Å². The minimum atomic E-state index is -0.410. The maximum atomic E-state index is 12.3. The molecule has 8 heteroatoms. The minimum Gasteiger partial charge on any atom is -0.368 e. The second kappa shape index (κ2) is 6.68. The maximum absolute atomic E-state index is 12.3. The molecule has 2 aromatic heterocycles. The Kier molecular flexibility index (Phi) is 4.42. The normalized spacial score (nSPS) is 11.0. The third kappa shape index (κ3) is 3.63. The van der Waals surface area contributed by atoms with Gasteiger partial charge in [-0.1, -0.05) is 26.0 Å². The summed E-state index contributed by atoms with van der Waals surface area (Å²) < 4.78 is 0. The smallest absolute Gasteiger partial charge is 0.270 e. The lowest BCUT2D eigenvalue weighted by atomic mass is 10.1. The molecule has 0 aliphatic rings. The van der Waals surface area contributed by atoms with Crippen molar-refractivity contribution in [2.24, 2.45) is 0 Å². The molecule has 0 bridgehead atoms. The Balaban J connectivity index is 1.80. The molecule has 0 atom stereocenters. The van der Waals surface area contributed by atoms with Crippen LogP contribution in [-0.4, -0.2) is 25.8 Å². The van der Waals surface area contributed by atoms with Crippen LogP contribution in [0.1, 0.15) is 41.8 Å². The number of amides is 1. The molecule has 3 aromatic rings. The number of benzene rings is 1. The predicted molar refractivity (Wildman–Crippen MR) is 94.1 cm³/mol. The van der Waals surface area contributed by atoms with Gasteiger partial charge in [-0.25, -0.2) is 15.0 Å². The first kappa shape index (κ1) is 16.6. The monoisotopic (exact) mass is 338 g/mol. The highest BCUT2D eigenvalue weighted by atomic mass is 16.2. The lowest BCUT2D eigenvalue weighted by Crippen LogP contribution is -2.27. The van der Waals surface area contributed by atoms with E-state index in [9.17, 15) is 9.59 Å². The first-order valence-corrected chi connectivity index (χ1v) is 7.84. The SMILES string of the molecule is CC(C)c1cc(C(=O)NCc2nc3ccccc3c(=O)[nH]2)nc(N)n1. The van der Waals surface area contributed by atoms with Gasteiger partial charge in [0, 0.05) is 5.69 Å². The van der Waals surface area contributed by atoms with Crippen LogP contribution < -0.4 is 16.6 Å². The summed E-state index contributed by atoms with van der Waals surface area (Å²) in [5.41, 5.74) is 6.86. The van der Waals surface area contributed by atoms with Crippen LogP contribution in [0.4, 0.5) is 5.95 Å². The van der Waals surface area contributed by atoms with Crippen LogP contribution in [0.3, 0.4) is 0 Å². The quantitative estimate of drug-likeness (QED) is 0.659. The average Bonchev–Trinajstić information content (AvgIpc) is 2.59. The van der Waals surface area contributed by atoms with E-state index in [1.807, 2.05) is 13.8 Å². The van der Waals surface area contributed by atoms with Gasteiger partial charge >= 0.3 is 0 Å². The van der Waals surface area contributed by atoms with Crippen LogP contribution >= 0.6 is 0 Å². The van der Waals surface area contributed by atoms with E-state index >= 15 is 0 Å². The van der Waals surface area contributed by atoms with Gasteiger partial charge in [-0.3, -0.25) is 9.59 Å². The topological polar surface area (TPSA) is 127 Å². The summed E-state index contributed by atoms with van der Waals surface area (Å²) >= 11 is 0. The minimum absolute atomic E-state index is 0.0496. The van der Waals surface area contributed by atoms with Crippen LogP contribution in [0.5, 0.6) is 0 Å². The van der Waals surface area contributed by atoms with E-state index in [1.165, 1.54) is 0 Å². The van der Waals surface area contributed by atoms with Crippen molar-refractivity contribution in [3.8, 4) is 0 Å². The fourth-order valence-electron chi connectivity index (χ4n) is 2.37. The van der Waals surface area contributed by atoms with Crippen LogP contribution in [-0.2, 0) is 6.54 Å². The number of carbonyl (C=O) groups is 1. The number of aromatic amines is 1. The first-order chi connectivity index (χ1) is 11.9. The molecule has 4 N–H and O–H groups in total. The van der Waals surface area contributed by atoms with Crippen molar-refractivity contribution in [3.63, 3.8) is 0 Å². The summed E-state index contributed by atoms with van der Waals surface area (Å²) in [5, 5.41) is 3.19. The first-order valence-electron chi connectivity index (χ1n) is 7.84. The average molecular weight is 338 g/mol. The Morgan fingerprint density at radius 2 is 2.00 bits per heavy atom. The molecule has 2 heterocycles. The molecule has 3 rings (SSSR count). The molecular weight excluding hydrogens is 320 g/mol. The molecule has 0 unspecified atom stereocenters. The van der Waals surface area contributed by atoms with Crippen LogP contribution in [0.15, 0.2) is 35.1 Å². The highest BCUT2D eigenvalue weighted by molar-refractivity contribution is 5.92. The van der Waals surface area contributed by atoms with Crippen molar-refractivity contribution < 1.29 is 4.79 Å². The molecular formula is C17H18N6O2. The summed E-state index contributed by atoms with van der Waals surface area (Å²) in [6.45, 7) is 3.97. The van der Waals surface area contributed by atoms with Crippen LogP contribution in [0.25, 0.3) is 10.9 Å². The van der Waals surface area contributed by atoms with Crippen LogP contribution in [0, 0.1) is 0 Å². The zero-order chi connectivity index (χ0) is 18.0. The third-order valence-electron chi connectivity index (χ3n) is 3.67. The van der Waals surface area contributed by atoms with E-state index in [0.29, 0.717) is 22.4 Å². The predicted octanol–water partition coefficient (Wildman–Crippen LogP) is 1.35. The van der Waals surface area contributed by atoms with E-state index in [4.69, 9.17) is 5.73 Å². The van der Waals surface area contributed by atoms with Crippen LogP contribution in [0.2, 0.25) is 0 Å². The Morgan fingerprint density at radius 1 is 1.24 bits per heavy atom. The molecule has 0 aliphatic carbocycles. The van der Waals surface area contributed by atoms with Gasteiger partial charge in [-0.15, -0.1) is 0 Å². The van der Waals surface area contributed by atoms with E-state index in [1.54, 1.807) is 30.3 Å². The standard InChI is InChI=1S/C17H18N6O2/c1-9(2)12-7-13(22-17(18)21-12)16(25)19-8-14-20-11-6-4-3-5-10(11)15(24)23-14/h3-7,9H,8H2,1-2H3,(H,19,25)(H2,18,21,22)(H,20,23,24). The number of anilines is 1. The summed E-state index contributed by atoms with van der Waals surface area (Å²) in [6.07, 6.45) is 0. The number of H-pyrrole nitrogens is 1. The molecule has 0 aliphatic heterocycles. The number of para-hydroxylation sites is 1. The van der Waals surface area contributed by atoms with E-state index in [2.05, 4.69) is 25.3 Å². The lowest BCUT2D eigenvalue weighted by Gasteiger charge is -2.09. The number of nitrogens with zero attached hydrogens (tertiary/aromatic N) is 3. The number of carbonyl (C=O) groups excluding carboxylic acids is 1. The fourth-order valence-corrected chi connectivity index (χ4v) is 2.37. The zero-order valence-electron chi connectivity index (χ0n) is 13.9. The van der Waals surface area contributed by atoms with Gasteiger partial charge in [-0.2, -0.15) is 0 Å². The molecule has 1 aromatic carbocycles. The highest BCUT2D eigenvalue weighted by Gasteiger charge is 2.13. The number of fused-ring (bicyclic) bond motifs is 1. The van der Waals surface area contributed by atoms with Crippen molar-refractivity contribution in [1.29, 1.82) is 0 Å². The summed E-state index contributed by atoms with van der Waals surface area (Å²) in [7, 11) is 0. The van der Waals surface area contributed by atoms with Crippen molar-refractivity contribution in [1.82, 2.24) is 25.3 Å². The van der Waals surface area contributed by atoms with E-state index in [0.717, 1.165) is 0 Å². The third-order valence-corrected chi connectivity index (χ3v) is 3.67. The van der Waals surface area contributed by atoms with Gasteiger partial charge in [0.2, 0.25) is 5.95 Å². The van der Waals surface area contributed by atoms with Gasteiger partial charge in [0.15, 0.2) is 0 Å². The second-order valence-electron chi connectivity index (χ2n) is 5.90. The second-order valence-corrected chi connectivity index (χ2v) is 5.90. The molecule has 0 saturated carbocycles. The number of aromatic nitrogens is 4. The number of rotatable bonds is 4. The van der Waals surface area contributed by atoms with Crippen molar-refractivity contribution >= 4 is 22.8 Å². The molecule has 1 amide bonds. The fraction of sp³-hybridized carbons (Fsp3) is 0.235. The zero-order valence-corrected chi connectivity index (χ0v) is 13.9. The Labute approximate surface area is 143 Å². The van der Waals surface area contributed by atoms with Gasteiger partial charge in [0.05, 0.1) is 17.4 Å². The van der Waals surface area contributed by atoms with Crippen molar-refractivity contribution in [2.75, 3.05) is 5.73 Å². The van der Waals surface area contributed by atoms with Crippen molar-refractivity contribution in [3.05, 3.63) is 57.9 Å². The molecule has 0 spiro atoms. The number of hydrogen-bond acceptors (Lipinski definition) is 6.